The molecule has 1 atom stereocenters. The Hall–Kier alpha value is -2.12. The quantitative estimate of drug-likeness (QED) is 0.343. The molecule has 0 spiro atoms. The van der Waals surface area contributed by atoms with Crippen molar-refractivity contribution in [3.63, 3.8) is 0 Å². The molecule has 8 heteroatoms. The van der Waals surface area contributed by atoms with Crippen LogP contribution in [0.5, 0.6) is 0 Å². The average molecular weight is 318 g/mol. The molecule has 126 valence electrons. The van der Waals surface area contributed by atoms with Crippen LogP contribution in [0.3, 0.4) is 0 Å². The third-order valence-electron chi connectivity index (χ3n) is 2.84. The van der Waals surface area contributed by atoms with E-state index in [0.29, 0.717) is 0 Å². The predicted octanol–water partition coefficient (Wildman–Crippen LogP) is 0.471. The second kappa shape index (κ2) is 10.6. The summed E-state index contributed by atoms with van der Waals surface area (Å²) >= 11 is 0. The van der Waals surface area contributed by atoms with Crippen LogP contribution in [0.25, 0.3) is 0 Å². The Balaban J connectivity index is 5.15. The molecule has 0 aliphatic rings. The fraction of sp³-hybridized carbons (Fsp3) is 0.714. The molecule has 8 nitrogen and oxygen atoms in total. The minimum atomic E-state index is -1.30. The summed E-state index contributed by atoms with van der Waals surface area (Å²) < 4.78 is 18.7. The molecule has 0 aliphatic carbocycles. The summed E-state index contributed by atoms with van der Waals surface area (Å²) in [5.74, 6) is -5.28. The van der Waals surface area contributed by atoms with Crippen LogP contribution in [0.4, 0.5) is 0 Å². The maximum Gasteiger partial charge on any atom is 0.320 e. The van der Waals surface area contributed by atoms with Gasteiger partial charge in [-0.3, -0.25) is 19.2 Å². The molecule has 0 amide bonds. The van der Waals surface area contributed by atoms with Crippen molar-refractivity contribution in [1.82, 2.24) is 0 Å². The van der Waals surface area contributed by atoms with Gasteiger partial charge in [0.1, 0.15) is 0 Å². The summed E-state index contributed by atoms with van der Waals surface area (Å²) in [7, 11) is 2.32. The Morgan fingerprint density at radius 3 is 1.68 bits per heavy atom. The molecular formula is C14H22O8. The number of carbonyl (C=O) groups is 4. The second-order valence-corrected chi connectivity index (χ2v) is 4.29. The SMILES string of the molecule is CCOC(=O)C(C[C@@H](CC(=O)OC)C(=O)OC)C(=O)OCC. The molecule has 0 saturated heterocycles. The van der Waals surface area contributed by atoms with Crippen LogP contribution in [0.1, 0.15) is 26.7 Å². The molecule has 22 heavy (non-hydrogen) atoms. The van der Waals surface area contributed by atoms with Crippen molar-refractivity contribution in [1.29, 1.82) is 0 Å². The smallest absolute Gasteiger partial charge is 0.320 e. The summed E-state index contributed by atoms with van der Waals surface area (Å²) in [4.78, 5) is 46.8. The summed E-state index contributed by atoms with van der Waals surface area (Å²) in [6, 6.07) is 0. The molecule has 0 aromatic carbocycles. The maximum atomic E-state index is 11.9. The first kappa shape index (κ1) is 19.9. The first-order valence-corrected chi connectivity index (χ1v) is 6.89. The van der Waals surface area contributed by atoms with E-state index in [1.54, 1.807) is 13.8 Å². The zero-order valence-corrected chi connectivity index (χ0v) is 13.2. The van der Waals surface area contributed by atoms with Gasteiger partial charge in [-0.05, 0) is 20.3 Å². The number of methoxy groups -OCH3 is 2. The Morgan fingerprint density at radius 1 is 0.818 bits per heavy atom. The largest absolute Gasteiger partial charge is 0.469 e. The molecule has 0 fully saturated rings. The van der Waals surface area contributed by atoms with E-state index in [4.69, 9.17) is 9.47 Å². The molecule has 0 N–H and O–H groups in total. The van der Waals surface area contributed by atoms with E-state index < -0.39 is 35.7 Å². The van der Waals surface area contributed by atoms with Crippen molar-refractivity contribution < 1.29 is 38.1 Å². The zero-order valence-electron chi connectivity index (χ0n) is 13.2. The fourth-order valence-corrected chi connectivity index (χ4v) is 1.77. The Kier molecular flexibility index (Phi) is 9.56. The van der Waals surface area contributed by atoms with Crippen LogP contribution in [-0.2, 0) is 38.1 Å². The van der Waals surface area contributed by atoms with E-state index in [2.05, 4.69) is 9.47 Å². The van der Waals surface area contributed by atoms with Gasteiger partial charge in [-0.25, -0.2) is 0 Å². The van der Waals surface area contributed by atoms with Crippen LogP contribution in [0, 0.1) is 11.8 Å². The lowest BCUT2D eigenvalue weighted by Crippen LogP contribution is -2.33. The molecule has 0 unspecified atom stereocenters. The predicted molar refractivity (Wildman–Crippen MR) is 73.5 cm³/mol. The first-order chi connectivity index (χ1) is 10.4. The van der Waals surface area contributed by atoms with Gasteiger partial charge in [0.15, 0.2) is 5.92 Å². The molecule has 0 saturated carbocycles. The van der Waals surface area contributed by atoms with Gasteiger partial charge >= 0.3 is 23.9 Å². The van der Waals surface area contributed by atoms with Gasteiger partial charge in [0.25, 0.3) is 0 Å². The molecule has 0 aromatic rings. The summed E-state index contributed by atoms with van der Waals surface area (Å²) in [5, 5.41) is 0. The third-order valence-corrected chi connectivity index (χ3v) is 2.84. The van der Waals surface area contributed by atoms with E-state index >= 15 is 0 Å². The normalized spacial score (nSPS) is 11.5. The molecule has 0 radical (unpaired) electrons. The van der Waals surface area contributed by atoms with Crippen LogP contribution < -0.4 is 0 Å². The van der Waals surface area contributed by atoms with Crippen molar-refractivity contribution in [3.8, 4) is 0 Å². The van der Waals surface area contributed by atoms with Gasteiger partial charge in [0.2, 0.25) is 0 Å². The van der Waals surface area contributed by atoms with Gasteiger partial charge in [-0.15, -0.1) is 0 Å². The maximum absolute atomic E-state index is 11.9. The number of hydrogen-bond acceptors (Lipinski definition) is 8. The molecule has 0 aliphatic heterocycles. The van der Waals surface area contributed by atoms with Crippen LogP contribution in [0.2, 0.25) is 0 Å². The average Bonchev–Trinajstić information content (AvgIpc) is 2.50. The molecule has 0 bridgehead atoms. The minimum Gasteiger partial charge on any atom is -0.469 e. The number of ether oxygens (including phenoxy) is 4. The van der Waals surface area contributed by atoms with Crippen LogP contribution in [-0.4, -0.2) is 51.3 Å². The highest BCUT2D eigenvalue weighted by molar-refractivity contribution is 5.95. The van der Waals surface area contributed by atoms with Crippen LogP contribution in [0.15, 0.2) is 0 Å². The number of hydrogen-bond donors (Lipinski definition) is 0. The van der Waals surface area contributed by atoms with Gasteiger partial charge in [0.05, 0.1) is 39.8 Å². The molecule has 0 heterocycles. The van der Waals surface area contributed by atoms with Gasteiger partial charge in [-0.2, -0.15) is 0 Å². The van der Waals surface area contributed by atoms with E-state index in [9.17, 15) is 19.2 Å². The summed E-state index contributed by atoms with van der Waals surface area (Å²) in [5.41, 5.74) is 0. The van der Waals surface area contributed by atoms with E-state index in [1.807, 2.05) is 0 Å². The highest BCUT2D eigenvalue weighted by Crippen LogP contribution is 2.21. The lowest BCUT2D eigenvalue weighted by Gasteiger charge is -2.19. The van der Waals surface area contributed by atoms with Crippen molar-refractivity contribution >= 4 is 23.9 Å². The molecule has 0 rings (SSSR count). The summed E-state index contributed by atoms with van der Waals surface area (Å²) in [6.07, 6.45) is -0.558. The van der Waals surface area contributed by atoms with Crippen molar-refractivity contribution in [3.05, 3.63) is 0 Å². The van der Waals surface area contributed by atoms with Gasteiger partial charge in [0, 0.05) is 0 Å². The van der Waals surface area contributed by atoms with Crippen molar-refractivity contribution in [2.45, 2.75) is 26.7 Å². The standard InChI is InChI=1S/C14H22O8/c1-5-21-13(17)10(14(18)22-6-2)7-9(12(16)20-4)8-11(15)19-3/h9-10H,5-8H2,1-4H3/t9-/m0/s1. The Morgan fingerprint density at radius 2 is 1.32 bits per heavy atom. The monoisotopic (exact) mass is 318 g/mol. The number of esters is 4. The van der Waals surface area contributed by atoms with Gasteiger partial charge < -0.3 is 18.9 Å². The second-order valence-electron chi connectivity index (χ2n) is 4.29. The van der Waals surface area contributed by atoms with E-state index in [0.717, 1.165) is 7.11 Å². The molecular weight excluding hydrogens is 296 g/mol. The number of rotatable bonds is 9. The van der Waals surface area contributed by atoms with Crippen molar-refractivity contribution in [2.75, 3.05) is 27.4 Å². The lowest BCUT2D eigenvalue weighted by atomic mass is 9.92. The zero-order chi connectivity index (χ0) is 17.1. The first-order valence-electron chi connectivity index (χ1n) is 6.89. The lowest BCUT2D eigenvalue weighted by molar-refractivity contribution is -0.164. The Labute approximate surface area is 129 Å². The molecule has 0 aromatic heterocycles. The van der Waals surface area contributed by atoms with Crippen LogP contribution >= 0.6 is 0 Å². The minimum absolute atomic E-state index is 0.0780. The summed E-state index contributed by atoms with van der Waals surface area (Å²) in [6.45, 7) is 3.34. The number of carbonyl (C=O) groups excluding carboxylic acids is 4. The Bertz CT molecular complexity index is 386. The third kappa shape index (κ3) is 6.55. The highest BCUT2D eigenvalue weighted by Gasteiger charge is 2.36. The fourth-order valence-electron chi connectivity index (χ4n) is 1.77. The van der Waals surface area contributed by atoms with E-state index in [-0.39, 0.29) is 26.1 Å². The highest BCUT2D eigenvalue weighted by atomic mass is 16.6. The topological polar surface area (TPSA) is 105 Å². The van der Waals surface area contributed by atoms with E-state index in [1.165, 1.54) is 7.11 Å². The van der Waals surface area contributed by atoms with Gasteiger partial charge in [-0.1, -0.05) is 0 Å². The van der Waals surface area contributed by atoms with Crippen molar-refractivity contribution in [2.24, 2.45) is 11.8 Å².